The number of hydrogen-bond donors (Lipinski definition) is 2. The number of carbonyl (C=O) groups excluding carboxylic acids is 2. The molecule has 0 aliphatic carbocycles. The lowest BCUT2D eigenvalue weighted by Gasteiger charge is -2.08. The molecule has 2 N–H and O–H groups in total. The summed E-state index contributed by atoms with van der Waals surface area (Å²) in [4.78, 5) is 23.5. The molecule has 0 heterocycles. The van der Waals surface area contributed by atoms with Crippen molar-refractivity contribution in [1.29, 1.82) is 0 Å². The van der Waals surface area contributed by atoms with E-state index in [-0.39, 0.29) is 5.69 Å². The van der Waals surface area contributed by atoms with Crippen LogP contribution in [-0.4, -0.2) is 11.8 Å². The minimum absolute atomic E-state index is 0.0486. The second kappa shape index (κ2) is 7.39. The number of carbonyl (C=O) groups is 2. The Kier molecular flexibility index (Phi) is 5.52. The van der Waals surface area contributed by atoms with Gasteiger partial charge in [0.25, 0.3) is 0 Å². The van der Waals surface area contributed by atoms with Gasteiger partial charge in [-0.2, -0.15) is 0 Å². The van der Waals surface area contributed by atoms with Gasteiger partial charge in [0.1, 0.15) is 6.42 Å². The molecular formula is C15H10Cl2F2N2O2. The summed E-state index contributed by atoms with van der Waals surface area (Å²) >= 11 is 11.6. The summed E-state index contributed by atoms with van der Waals surface area (Å²) in [5.41, 5.74) is 0.389. The Morgan fingerprint density at radius 3 is 1.96 bits per heavy atom. The Balaban J connectivity index is 1.94. The number of hydrogen-bond acceptors (Lipinski definition) is 2. The van der Waals surface area contributed by atoms with Crippen molar-refractivity contribution in [1.82, 2.24) is 0 Å². The molecule has 0 saturated heterocycles. The van der Waals surface area contributed by atoms with Crippen molar-refractivity contribution in [3.63, 3.8) is 0 Å². The monoisotopic (exact) mass is 358 g/mol. The summed E-state index contributed by atoms with van der Waals surface area (Å²) in [7, 11) is 0. The van der Waals surface area contributed by atoms with E-state index in [1.54, 1.807) is 0 Å². The van der Waals surface area contributed by atoms with Crippen LogP contribution >= 0.6 is 23.2 Å². The third-order valence-corrected chi connectivity index (χ3v) is 3.11. The lowest BCUT2D eigenvalue weighted by Crippen LogP contribution is -2.21. The second-order valence-corrected chi connectivity index (χ2v) is 5.43. The normalized spacial score (nSPS) is 10.3. The largest absolute Gasteiger partial charge is 0.326 e. The number of halogens is 4. The Bertz CT molecular complexity index is 749. The zero-order valence-electron chi connectivity index (χ0n) is 11.5. The van der Waals surface area contributed by atoms with Gasteiger partial charge in [-0.05, 0) is 30.3 Å². The molecule has 0 fully saturated rings. The maximum atomic E-state index is 13.0. The highest BCUT2D eigenvalue weighted by atomic mass is 35.5. The highest BCUT2D eigenvalue weighted by Crippen LogP contribution is 2.22. The SMILES string of the molecule is O=C(CC(=O)Nc1ccc(F)c(F)c1)Nc1cc(Cl)cc(Cl)c1. The standard InChI is InChI=1S/C15H10Cl2F2N2O2/c16-8-3-9(17)5-11(4-8)21-15(23)7-14(22)20-10-1-2-12(18)13(19)6-10/h1-6H,7H2,(H,20,22)(H,21,23). The number of amides is 2. The van der Waals surface area contributed by atoms with Gasteiger partial charge in [-0.3, -0.25) is 9.59 Å². The molecule has 2 aromatic rings. The molecular weight excluding hydrogens is 349 g/mol. The van der Waals surface area contributed by atoms with E-state index >= 15 is 0 Å². The van der Waals surface area contributed by atoms with Gasteiger partial charge >= 0.3 is 0 Å². The van der Waals surface area contributed by atoms with Crippen molar-refractivity contribution in [2.45, 2.75) is 6.42 Å². The Hall–Kier alpha value is -2.18. The third kappa shape index (κ3) is 5.19. The van der Waals surface area contributed by atoms with E-state index in [1.807, 2.05) is 0 Å². The van der Waals surface area contributed by atoms with Gasteiger partial charge in [-0.1, -0.05) is 23.2 Å². The van der Waals surface area contributed by atoms with Gasteiger partial charge in [0.2, 0.25) is 11.8 Å². The van der Waals surface area contributed by atoms with E-state index in [0.29, 0.717) is 15.7 Å². The predicted octanol–water partition coefficient (Wildman–Crippen LogP) is 4.24. The Morgan fingerprint density at radius 2 is 1.39 bits per heavy atom. The average molecular weight is 359 g/mol. The summed E-state index contributed by atoms with van der Waals surface area (Å²) in [6, 6.07) is 7.32. The fraction of sp³-hybridized carbons (Fsp3) is 0.0667. The first kappa shape index (κ1) is 17.2. The summed E-state index contributed by atoms with van der Waals surface area (Å²) in [6.07, 6.45) is -0.511. The molecule has 0 unspecified atom stereocenters. The van der Waals surface area contributed by atoms with Gasteiger partial charge < -0.3 is 10.6 Å². The minimum atomic E-state index is -1.10. The smallest absolute Gasteiger partial charge is 0.233 e. The van der Waals surface area contributed by atoms with Crippen LogP contribution in [-0.2, 0) is 9.59 Å². The maximum absolute atomic E-state index is 13.0. The number of rotatable bonds is 4. The molecule has 2 rings (SSSR count). The zero-order valence-corrected chi connectivity index (χ0v) is 13.0. The van der Waals surface area contributed by atoms with Crippen LogP contribution in [0.25, 0.3) is 0 Å². The van der Waals surface area contributed by atoms with Crippen LogP contribution in [0.3, 0.4) is 0 Å². The van der Waals surface area contributed by atoms with Gasteiger partial charge in [-0.25, -0.2) is 8.78 Å². The summed E-state index contributed by atoms with van der Waals surface area (Å²) in [6.45, 7) is 0. The highest BCUT2D eigenvalue weighted by Gasteiger charge is 2.12. The molecule has 0 aromatic heterocycles. The third-order valence-electron chi connectivity index (χ3n) is 2.67. The average Bonchev–Trinajstić information content (AvgIpc) is 2.41. The second-order valence-electron chi connectivity index (χ2n) is 4.56. The van der Waals surface area contributed by atoms with E-state index in [4.69, 9.17) is 23.2 Å². The van der Waals surface area contributed by atoms with Crippen LogP contribution in [0.2, 0.25) is 10.0 Å². The molecule has 0 radical (unpaired) electrons. The molecule has 120 valence electrons. The zero-order chi connectivity index (χ0) is 17.0. The topological polar surface area (TPSA) is 58.2 Å². The molecule has 2 aromatic carbocycles. The van der Waals surface area contributed by atoms with E-state index in [2.05, 4.69) is 10.6 Å². The first-order valence-electron chi connectivity index (χ1n) is 6.34. The molecule has 0 atom stereocenters. The van der Waals surface area contributed by atoms with Gasteiger partial charge in [0.05, 0.1) is 0 Å². The summed E-state index contributed by atoms with van der Waals surface area (Å²) in [5.74, 6) is -3.41. The van der Waals surface area contributed by atoms with Crippen LogP contribution in [0.5, 0.6) is 0 Å². The van der Waals surface area contributed by atoms with Crippen LogP contribution < -0.4 is 10.6 Å². The molecule has 23 heavy (non-hydrogen) atoms. The van der Waals surface area contributed by atoms with Crippen molar-refractivity contribution >= 4 is 46.4 Å². The Labute approximate surface area is 140 Å². The maximum Gasteiger partial charge on any atom is 0.233 e. The van der Waals surface area contributed by atoms with Crippen LogP contribution in [0, 0.1) is 11.6 Å². The molecule has 4 nitrogen and oxygen atoms in total. The molecule has 0 spiro atoms. The fourth-order valence-corrected chi connectivity index (χ4v) is 2.28. The minimum Gasteiger partial charge on any atom is -0.326 e. The molecule has 8 heteroatoms. The highest BCUT2D eigenvalue weighted by molar-refractivity contribution is 6.35. The van der Waals surface area contributed by atoms with Gasteiger partial charge in [0, 0.05) is 27.5 Å². The first-order chi connectivity index (χ1) is 10.8. The van der Waals surface area contributed by atoms with E-state index < -0.39 is 29.9 Å². The van der Waals surface area contributed by atoms with Crippen molar-refractivity contribution in [3.8, 4) is 0 Å². The lowest BCUT2D eigenvalue weighted by atomic mass is 10.2. The predicted molar refractivity (Wildman–Crippen MR) is 84.7 cm³/mol. The van der Waals surface area contributed by atoms with Crippen molar-refractivity contribution in [3.05, 3.63) is 58.1 Å². The fourth-order valence-electron chi connectivity index (χ4n) is 1.76. The van der Waals surface area contributed by atoms with Crippen LogP contribution in [0.15, 0.2) is 36.4 Å². The number of anilines is 2. The van der Waals surface area contributed by atoms with E-state index in [1.165, 1.54) is 24.3 Å². The molecule has 0 saturated carbocycles. The Morgan fingerprint density at radius 1 is 0.826 bits per heavy atom. The van der Waals surface area contributed by atoms with E-state index in [0.717, 1.165) is 12.1 Å². The summed E-state index contributed by atoms with van der Waals surface area (Å²) in [5, 5.41) is 5.41. The molecule has 0 bridgehead atoms. The number of nitrogens with one attached hydrogen (secondary N) is 2. The summed E-state index contributed by atoms with van der Waals surface area (Å²) < 4.78 is 25.8. The number of benzene rings is 2. The van der Waals surface area contributed by atoms with Crippen molar-refractivity contribution in [2.75, 3.05) is 10.6 Å². The molecule has 2 amide bonds. The first-order valence-corrected chi connectivity index (χ1v) is 7.10. The van der Waals surface area contributed by atoms with Crippen LogP contribution in [0.1, 0.15) is 6.42 Å². The van der Waals surface area contributed by atoms with Crippen molar-refractivity contribution in [2.24, 2.45) is 0 Å². The quantitative estimate of drug-likeness (QED) is 0.803. The molecule has 0 aliphatic heterocycles. The van der Waals surface area contributed by atoms with Crippen molar-refractivity contribution < 1.29 is 18.4 Å². The lowest BCUT2D eigenvalue weighted by molar-refractivity contribution is -0.123. The van der Waals surface area contributed by atoms with Crippen LogP contribution in [0.4, 0.5) is 20.2 Å². The van der Waals surface area contributed by atoms with Gasteiger partial charge in [0.15, 0.2) is 11.6 Å². The van der Waals surface area contributed by atoms with E-state index in [9.17, 15) is 18.4 Å². The molecule has 0 aliphatic rings. The van der Waals surface area contributed by atoms with Gasteiger partial charge in [-0.15, -0.1) is 0 Å².